The Morgan fingerprint density at radius 2 is 1.90 bits per heavy atom. The van der Waals surface area contributed by atoms with Crippen molar-refractivity contribution >= 4 is 17.7 Å². The number of nitrogens with zero attached hydrogens (tertiary/aromatic N) is 1. The standard InChI is InChI=1S/C20H27N/c1-8-11-12-13-16(6)20-17(14-15(4)5)18(9-2)21(7)19(20)10-3/h8-9,11-14H,2,6,10H2,1,3-5,7H3/b11-8-,13-12-. The van der Waals surface area contributed by atoms with Crippen LogP contribution in [0.3, 0.4) is 0 Å². The smallest absolute Gasteiger partial charge is 0.0480 e. The predicted molar refractivity (Wildman–Crippen MR) is 97.2 cm³/mol. The second-order valence-electron chi connectivity index (χ2n) is 5.37. The summed E-state index contributed by atoms with van der Waals surface area (Å²) in [6.45, 7) is 16.7. The van der Waals surface area contributed by atoms with Crippen LogP contribution < -0.4 is 0 Å². The maximum atomic E-state index is 4.26. The molecule has 0 bridgehead atoms. The molecule has 0 N–H and O–H groups in total. The SMILES string of the molecule is C=Cc1c(C=C(C)C)c(C(=C)/C=C\C=C/C)c(CC)n1C. The molecule has 0 unspecified atom stereocenters. The Morgan fingerprint density at radius 3 is 2.38 bits per heavy atom. The summed E-state index contributed by atoms with van der Waals surface area (Å²) >= 11 is 0. The molecule has 0 aliphatic carbocycles. The largest absolute Gasteiger partial charge is 0.347 e. The van der Waals surface area contributed by atoms with Gasteiger partial charge in [0.1, 0.15) is 0 Å². The average molecular weight is 281 g/mol. The van der Waals surface area contributed by atoms with E-state index in [-0.39, 0.29) is 0 Å². The van der Waals surface area contributed by atoms with E-state index in [4.69, 9.17) is 0 Å². The third-order valence-corrected chi connectivity index (χ3v) is 3.48. The van der Waals surface area contributed by atoms with Gasteiger partial charge >= 0.3 is 0 Å². The van der Waals surface area contributed by atoms with E-state index in [2.05, 4.69) is 57.7 Å². The summed E-state index contributed by atoms with van der Waals surface area (Å²) < 4.78 is 2.23. The van der Waals surface area contributed by atoms with Crippen molar-refractivity contribution in [2.75, 3.05) is 0 Å². The molecule has 1 heterocycles. The number of aromatic nitrogens is 1. The van der Waals surface area contributed by atoms with Gasteiger partial charge in [-0.2, -0.15) is 0 Å². The van der Waals surface area contributed by atoms with Crippen molar-refractivity contribution < 1.29 is 0 Å². The Balaban J connectivity index is 3.57. The third kappa shape index (κ3) is 3.75. The molecular formula is C20H27N. The van der Waals surface area contributed by atoms with Gasteiger partial charge in [0.25, 0.3) is 0 Å². The Labute approximate surface area is 129 Å². The number of allylic oxidation sites excluding steroid dienone is 6. The van der Waals surface area contributed by atoms with Gasteiger partial charge in [0.2, 0.25) is 0 Å². The Morgan fingerprint density at radius 1 is 1.24 bits per heavy atom. The highest BCUT2D eigenvalue weighted by molar-refractivity contribution is 5.84. The Kier molecular flexibility index (Phi) is 6.23. The summed E-state index contributed by atoms with van der Waals surface area (Å²) in [5.41, 5.74) is 7.23. The summed E-state index contributed by atoms with van der Waals surface area (Å²) in [6.07, 6.45) is 13.3. The first-order valence-electron chi connectivity index (χ1n) is 7.45. The van der Waals surface area contributed by atoms with Crippen LogP contribution in [0.25, 0.3) is 17.7 Å². The zero-order valence-electron chi connectivity index (χ0n) is 14.0. The van der Waals surface area contributed by atoms with Crippen molar-refractivity contribution in [1.29, 1.82) is 0 Å². The molecule has 1 aromatic heterocycles. The zero-order chi connectivity index (χ0) is 16.0. The summed E-state index contributed by atoms with van der Waals surface area (Å²) in [4.78, 5) is 0. The summed E-state index contributed by atoms with van der Waals surface area (Å²) in [5.74, 6) is 0. The summed E-state index contributed by atoms with van der Waals surface area (Å²) in [6, 6.07) is 0. The van der Waals surface area contributed by atoms with Gasteiger partial charge in [0.15, 0.2) is 0 Å². The first-order chi connectivity index (χ1) is 9.97. The van der Waals surface area contributed by atoms with Gasteiger partial charge < -0.3 is 4.57 Å². The van der Waals surface area contributed by atoms with E-state index < -0.39 is 0 Å². The molecule has 112 valence electrons. The van der Waals surface area contributed by atoms with Gasteiger partial charge in [-0.15, -0.1) is 0 Å². The maximum Gasteiger partial charge on any atom is 0.0480 e. The van der Waals surface area contributed by atoms with E-state index in [1.165, 1.54) is 22.4 Å². The fraction of sp³-hybridized carbons (Fsp3) is 0.300. The molecule has 0 spiro atoms. The first kappa shape index (κ1) is 17.0. The molecular weight excluding hydrogens is 254 g/mol. The van der Waals surface area contributed by atoms with E-state index in [1.807, 2.05) is 31.2 Å². The minimum Gasteiger partial charge on any atom is -0.347 e. The molecule has 0 radical (unpaired) electrons. The molecule has 0 aromatic carbocycles. The quantitative estimate of drug-likeness (QED) is 0.581. The highest BCUT2D eigenvalue weighted by atomic mass is 15.0. The van der Waals surface area contributed by atoms with Gasteiger partial charge in [0.05, 0.1) is 0 Å². The van der Waals surface area contributed by atoms with E-state index in [0.29, 0.717) is 0 Å². The monoisotopic (exact) mass is 281 g/mol. The first-order valence-corrected chi connectivity index (χ1v) is 7.45. The van der Waals surface area contributed by atoms with Gasteiger partial charge in [-0.05, 0) is 38.8 Å². The second-order valence-corrected chi connectivity index (χ2v) is 5.37. The van der Waals surface area contributed by atoms with E-state index in [1.54, 1.807) is 0 Å². The fourth-order valence-electron chi connectivity index (χ4n) is 2.60. The molecule has 0 saturated heterocycles. The molecule has 0 saturated carbocycles. The van der Waals surface area contributed by atoms with Crippen LogP contribution >= 0.6 is 0 Å². The van der Waals surface area contributed by atoms with Crippen LogP contribution in [0, 0.1) is 0 Å². The van der Waals surface area contributed by atoms with Crippen molar-refractivity contribution in [3.05, 3.63) is 65.5 Å². The lowest BCUT2D eigenvalue weighted by Gasteiger charge is -2.06. The highest BCUT2D eigenvalue weighted by Gasteiger charge is 2.17. The number of hydrogen-bond donors (Lipinski definition) is 0. The number of rotatable bonds is 6. The molecule has 0 fully saturated rings. The summed E-state index contributed by atoms with van der Waals surface area (Å²) in [5, 5.41) is 0. The van der Waals surface area contributed by atoms with Gasteiger partial charge in [-0.3, -0.25) is 0 Å². The topological polar surface area (TPSA) is 4.93 Å². The van der Waals surface area contributed by atoms with Crippen molar-refractivity contribution in [1.82, 2.24) is 4.57 Å². The van der Waals surface area contributed by atoms with Crippen molar-refractivity contribution in [2.24, 2.45) is 7.05 Å². The highest BCUT2D eigenvalue weighted by Crippen LogP contribution is 2.32. The normalized spacial score (nSPS) is 11.3. The van der Waals surface area contributed by atoms with E-state index in [9.17, 15) is 0 Å². The van der Waals surface area contributed by atoms with Gasteiger partial charge in [0, 0.05) is 29.6 Å². The molecule has 0 atom stereocenters. The van der Waals surface area contributed by atoms with E-state index in [0.717, 1.165) is 17.7 Å². The van der Waals surface area contributed by atoms with Gasteiger partial charge in [-0.25, -0.2) is 0 Å². The average Bonchev–Trinajstić information content (AvgIpc) is 2.69. The van der Waals surface area contributed by atoms with Crippen molar-refractivity contribution in [3.63, 3.8) is 0 Å². The van der Waals surface area contributed by atoms with Crippen LogP contribution in [0.4, 0.5) is 0 Å². The maximum absolute atomic E-state index is 4.26. The molecule has 1 rings (SSSR count). The molecule has 0 amide bonds. The lowest BCUT2D eigenvalue weighted by molar-refractivity contribution is 0.827. The van der Waals surface area contributed by atoms with Crippen molar-refractivity contribution in [2.45, 2.75) is 34.1 Å². The van der Waals surface area contributed by atoms with Crippen LogP contribution in [0.2, 0.25) is 0 Å². The lowest BCUT2D eigenvalue weighted by atomic mass is 9.98. The minimum absolute atomic E-state index is 0.972. The van der Waals surface area contributed by atoms with Crippen LogP contribution in [0.15, 0.2) is 43.0 Å². The molecule has 1 nitrogen and oxygen atoms in total. The summed E-state index contributed by atoms with van der Waals surface area (Å²) in [7, 11) is 2.10. The molecule has 21 heavy (non-hydrogen) atoms. The Hall–Kier alpha value is -2.02. The van der Waals surface area contributed by atoms with E-state index >= 15 is 0 Å². The fourth-order valence-corrected chi connectivity index (χ4v) is 2.60. The second kappa shape index (κ2) is 7.68. The van der Waals surface area contributed by atoms with Crippen LogP contribution in [-0.4, -0.2) is 4.57 Å². The van der Waals surface area contributed by atoms with Gasteiger partial charge in [-0.1, -0.05) is 56.0 Å². The zero-order valence-corrected chi connectivity index (χ0v) is 14.0. The predicted octanol–water partition coefficient (Wildman–Crippen LogP) is 5.80. The van der Waals surface area contributed by atoms with Crippen LogP contribution in [-0.2, 0) is 13.5 Å². The lowest BCUT2D eigenvalue weighted by Crippen LogP contribution is -1.98. The third-order valence-electron chi connectivity index (χ3n) is 3.48. The van der Waals surface area contributed by atoms with Crippen molar-refractivity contribution in [3.8, 4) is 0 Å². The molecule has 0 aliphatic heterocycles. The molecule has 1 heteroatoms. The molecule has 1 aromatic rings. The van der Waals surface area contributed by atoms with Crippen LogP contribution in [0.5, 0.6) is 0 Å². The minimum atomic E-state index is 0.972. The molecule has 0 aliphatic rings. The number of hydrogen-bond acceptors (Lipinski definition) is 0. The Bertz CT molecular complexity index is 615. The van der Waals surface area contributed by atoms with Crippen LogP contribution in [0.1, 0.15) is 50.2 Å².